The van der Waals surface area contributed by atoms with Crippen molar-refractivity contribution in [1.29, 1.82) is 0 Å². The van der Waals surface area contributed by atoms with E-state index >= 15 is 0 Å². The topological polar surface area (TPSA) is 32.3 Å². The molecular formula is C17H26N2O. The van der Waals surface area contributed by atoms with Crippen LogP contribution in [0.1, 0.15) is 44.1 Å². The van der Waals surface area contributed by atoms with Gasteiger partial charge in [-0.2, -0.15) is 0 Å². The van der Waals surface area contributed by atoms with Crippen molar-refractivity contribution in [3.05, 3.63) is 29.8 Å². The fraction of sp³-hybridized carbons (Fsp3) is 0.588. The zero-order valence-electron chi connectivity index (χ0n) is 12.7. The highest BCUT2D eigenvalue weighted by Gasteiger charge is 2.17. The highest BCUT2D eigenvalue weighted by molar-refractivity contribution is 5.91. The Morgan fingerprint density at radius 2 is 1.90 bits per heavy atom. The van der Waals surface area contributed by atoms with E-state index in [4.69, 9.17) is 0 Å². The summed E-state index contributed by atoms with van der Waals surface area (Å²) < 4.78 is 0. The van der Waals surface area contributed by atoms with Crippen LogP contribution >= 0.6 is 0 Å². The van der Waals surface area contributed by atoms with Crippen LogP contribution in [0.25, 0.3) is 0 Å². The summed E-state index contributed by atoms with van der Waals surface area (Å²) in [5.41, 5.74) is 2.14. The SMILES string of the molecule is CN(C)Cc1ccccc1NC(=O)CC1CCCCC1. The normalized spacial score (nSPS) is 16.4. The van der Waals surface area contributed by atoms with Crippen molar-refractivity contribution in [3.8, 4) is 0 Å². The monoisotopic (exact) mass is 274 g/mol. The molecule has 1 aliphatic rings. The third-order valence-corrected chi connectivity index (χ3v) is 3.98. The maximum Gasteiger partial charge on any atom is 0.224 e. The molecule has 0 radical (unpaired) electrons. The Balaban J connectivity index is 1.93. The summed E-state index contributed by atoms with van der Waals surface area (Å²) in [5.74, 6) is 0.757. The molecule has 0 heterocycles. The van der Waals surface area contributed by atoms with E-state index < -0.39 is 0 Å². The predicted octanol–water partition coefficient (Wildman–Crippen LogP) is 3.66. The number of carbonyl (C=O) groups excluding carboxylic acids is 1. The zero-order valence-corrected chi connectivity index (χ0v) is 12.7. The molecule has 3 nitrogen and oxygen atoms in total. The lowest BCUT2D eigenvalue weighted by Gasteiger charge is -2.21. The summed E-state index contributed by atoms with van der Waals surface area (Å²) in [7, 11) is 4.08. The van der Waals surface area contributed by atoms with Crippen LogP contribution in [0.3, 0.4) is 0 Å². The van der Waals surface area contributed by atoms with Crippen molar-refractivity contribution in [1.82, 2.24) is 4.90 Å². The first-order chi connectivity index (χ1) is 9.65. The summed E-state index contributed by atoms with van der Waals surface area (Å²) in [4.78, 5) is 14.3. The van der Waals surface area contributed by atoms with Crippen LogP contribution in [0.5, 0.6) is 0 Å². The zero-order chi connectivity index (χ0) is 14.4. The first-order valence-electron chi connectivity index (χ1n) is 7.67. The van der Waals surface area contributed by atoms with Crippen LogP contribution in [0.15, 0.2) is 24.3 Å². The van der Waals surface area contributed by atoms with Gasteiger partial charge in [0.1, 0.15) is 0 Å². The van der Waals surface area contributed by atoms with Crippen LogP contribution in [0.2, 0.25) is 0 Å². The number of hydrogen-bond donors (Lipinski definition) is 1. The van der Waals surface area contributed by atoms with Gasteiger partial charge in [-0.15, -0.1) is 0 Å². The Morgan fingerprint density at radius 3 is 2.60 bits per heavy atom. The number of carbonyl (C=O) groups is 1. The molecule has 0 atom stereocenters. The Bertz CT molecular complexity index is 436. The molecule has 1 N–H and O–H groups in total. The van der Waals surface area contributed by atoms with Crippen LogP contribution < -0.4 is 5.32 Å². The molecule has 0 unspecified atom stereocenters. The van der Waals surface area contributed by atoms with Crippen molar-refractivity contribution in [2.24, 2.45) is 5.92 Å². The molecule has 2 rings (SSSR count). The van der Waals surface area contributed by atoms with E-state index in [1.807, 2.05) is 32.3 Å². The van der Waals surface area contributed by atoms with Gasteiger partial charge in [-0.25, -0.2) is 0 Å². The lowest BCUT2D eigenvalue weighted by Crippen LogP contribution is -2.20. The Hall–Kier alpha value is -1.35. The molecule has 1 amide bonds. The molecule has 0 aromatic heterocycles. The number of nitrogens with one attached hydrogen (secondary N) is 1. The molecule has 20 heavy (non-hydrogen) atoms. The largest absolute Gasteiger partial charge is 0.326 e. The summed E-state index contributed by atoms with van der Waals surface area (Å²) >= 11 is 0. The van der Waals surface area contributed by atoms with Gasteiger partial charge in [0.05, 0.1) is 0 Å². The highest BCUT2D eigenvalue weighted by atomic mass is 16.1. The molecule has 1 fully saturated rings. The molecule has 110 valence electrons. The fourth-order valence-electron chi connectivity index (χ4n) is 2.98. The lowest BCUT2D eigenvalue weighted by molar-refractivity contribution is -0.117. The number of benzene rings is 1. The first kappa shape index (κ1) is 15.0. The third kappa shape index (κ3) is 4.64. The van der Waals surface area contributed by atoms with Gasteiger partial charge in [0, 0.05) is 18.7 Å². The number of para-hydroxylation sites is 1. The minimum absolute atomic E-state index is 0.170. The minimum Gasteiger partial charge on any atom is -0.326 e. The van der Waals surface area contributed by atoms with Crippen LogP contribution in [-0.4, -0.2) is 24.9 Å². The second kappa shape index (κ2) is 7.44. The van der Waals surface area contributed by atoms with Crippen molar-refractivity contribution in [2.45, 2.75) is 45.1 Å². The maximum atomic E-state index is 12.2. The van der Waals surface area contributed by atoms with Crippen molar-refractivity contribution in [3.63, 3.8) is 0 Å². The van der Waals surface area contributed by atoms with Gasteiger partial charge in [-0.1, -0.05) is 37.5 Å². The summed E-state index contributed by atoms with van der Waals surface area (Å²) in [6, 6.07) is 8.08. The summed E-state index contributed by atoms with van der Waals surface area (Å²) in [6.07, 6.45) is 7.02. The summed E-state index contributed by atoms with van der Waals surface area (Å²) in [6.45, 7) is 0.847. The molecule has 3 heteroatoms. The molecule has 1 aliphatic carbocycles. The Morgan fingerprint density at radius 1 is 1.20 bits per heavy atom. The van der Waals surface area contributed by atoms with E-state index in [1.165, 1.54) is 37.7 Å². The number of hydrogen-bond acceptors (Lipinski definition) is 2. The molecule has 1 aromatic rings. The van der Waals surface area contributed by atoms with Gasteiger partial charge in [0.15, 0.2) is 0 Å². The molecule has 0 spiro atoms. The van der Waals surface area contributed by atoms with Gasteiger partial charge < -0.3 is 10.2 Å². The molecule has 1 aromatic carbocycles. The molecule has 0 aliphatic heterocycles. The maximum absolute atomic E-state index is 12.2. The van der Waals surface area contributed by atoms with E-state index in [9.17, 15) is 4.79 Å². The van der Waals surface area contributed by atoms with Crippen molar-refractivity contribution in [2.75, 3.05) is 19.4 Å². The minimum atomic E-state index is 0.170. The average Bonchev–Trinajstić information content (AvgIpc) is 2.41. The van der Waals surface area contributed by atoms with Crippen LogP contribution in [0, 0.1) is 5.92 Å². The number of amides is 1. The smallest absolute Gasteiger partial charge is 0.224 e. The number of anilines is 1. The van der Waals surface area contributed by atoms with Crippen LogP contribution in [0.4, 0.5) is 5.69 Å². The molecule has 0 bridgehead atoms. The molecule has 0 saturated heterocycles. The second-order valence-electron chi connectivity index (χ2n) is 6.15. The van der Waals surface area contributed by atoms with Gasteiger partial charge in [0.2, 0.25) is 5.91 Å². The fourth-order valence-corrected chi connectivity index (χ4v) is 2.98. The van der Waals surface area contributed by atoms with Crippen molar-refractivity contribution < 1.29 is 4.79 Å². The van der Waals surface area contributed by atoms with E-state index in [1.54, 1.807) is 0 Å². The van der Waals surface area contributed by atoms with E-state index in [2.05, 4.69) is 16.3 Å². The third-order valence-electron chi connectivity index (χ3n) is 3.98. The van der Waals surface area contributed by atoms with Gasteiger partial charge >= 0.3 is 0 Å². The highest BCUT2D eigenvalue weighted by Crippen LogP contribution is 2.27. The summed E-state index contributed by atoms with van der Waals surface area (Å²) in [5, 5.41) is 3.10. The quantitative estimate of drug-likeness (QED) is 0.888. The standard InChI is InChI=1S/C17H26N2O/c1-19(2)13-15-10-6-7-11-16(15)18-17(20)12-14-8-4-3-5-9-14/h6-7,10-11,14H,3-5,8-9,12-13H2,1-2H3,(H,18,20). The van der Waals surface area contributed by atoms with Crippen LogP contribution in [-0.2, 0) is 11.3 Å². The van der Waals surface area contributed by atoms with Gasteiger partial charge in [-0.3, -0.25) is 4.79 Å². The molecular weight excluding hydrogens is 248 g/mol. The lowest BCUT2D eigenvalue weighted by atomic mass is 9.87. The second-order valence-corrected chi connectivity index (χ2v) is 6.15. The molecule has 1 saturated carbocycles. The van der Waals surface area contributed by atoms with Gasteiger partial charge in [-0.05, 0) is 44.5 Å². The predicted molar refractivity (Wildman–Crippen MR) is 83.7 cm³/mol. The number of rotatable bonds is 5. The average molecular weight is 274 g/mol. The first-order valence-corrected chi connectivity index (χ1v) is 7.67. The van der Waals surface area contributed by atoms with Crippen molar-refractivity contribution >= 4 is 11.6 Å². The van der Waals surface area contributed by atoms with Gasteiger partial charge in [0.25, 0.3) is 0 Å². The van der Waals surface area contributed by atoms with E-state index in [0.717, 1.165) is 12.2 Å². The Kier molecular flexibility index (Phi) is 5.60. The Labute approximate surface area is 122 Å². The number of nitrogens with zero attached hydrogens (tertiary/aromatic N) is 1. The van der Waals surface area contributed by atoms with E-state index in [-0.39, 0.29) is 5.91 Å². The van der Waals surface area contributed by atoms with E-state index in [0.29, 0.717) is 12.3 Å².